The van der Waals surface area contributed by atoms with Crippen molar-refractivity contribution in [2.45, 2.75) is 0 Å². The third-order valence-electron chi connectivity index (χ3n) is 3.28. The number of ether oxygens (including phenoxy) is 1. The first-order valence-electron chi connectivity index (χ1n) is 5.24. The van der Waals surface area contributed by atoms with E-state index in [1.807, 2.05) is 6.07 Å². The van der Waals surface area contributed by atoms with Crippen LogP contribution in [0.4, 0.5) is 5.88 Å². The average Bonchev–Trinajstić information content (AvgIpc) is 2.91. The summed E-state index contributed by atoms with van der Waals surface area (Å²) < 4.78 is 10.8. The molecule has 0 aliphatic carbocycles. The molecule has 0 radical (unpaired) electrons. The lowest BCUT2D eigenvalue weighted by Gasteiger charge is -2.15. The van der Waals surface area contributed by atoms with Gasteiger partial charge >= 0.3 is 0 Å². The van der Waals surface area contributed by atoms with Crippen LogP contribution in [0.15, 0.2) is 16.5 Å². The summed E-state index contributed by atoms with van der Waals surface area (Å²) >= 11 is 0. The number of carbonyl (C=O) groups is 1. The Bertz CT molecular complexity index is 362. The second-order valence-electron chi connectivity index (χ2n) is 4.26. The number of anilines is 1. The van der Waals surface area contributed by atoms with Crippen molar-refractivity contribution in [3.63, 3.8) is 0 Å². The number of fused-ring (bicyclic) bond motifs is 1. The molecule has 2 aliphatic heterocycles. The molecule has 0 spiro atoms. The molecule has 3 heterocycles. The standard InChI is InChI=1S/C11H13NO3/c13-5-10-1-2-11(15-10)12-3-8-6-14-7-9(8)4-12/h1-2,5,8-9H,3-4,6-7H2/t8-,9+. The minimum absolute atomic E-state index is 0.401. The molecule has 0 N–H and O–H groups in total. The minimum atomic E-state index is 0.401. The van der Waals surface area contributed by atoms with Crippen LogP contribution in [0.25, 0.3) is 0 Å². The van der Waals surface area contributed by atoms with Crippen LogP contribution in [0.2, 0.25) is 0 Å². The summed E-state index contributed by atoms with van der Waals surface area (Å²) in [7, 11) is 0. The minimum Gasteiger partial charge on any atom is -0.438 e. The highest BCUT2D eigenvalue weighted by atomic mass is 16.5. The topological polar surface area (TPSA) is 42.7 Å². The number of carbonyl (C=O) groups excluding carboxylic acids is 1. The molecule has 4 nitrogen and oxygen atoms in total. The van der Waals surface area contributed by atoms with Gasteiger partial charge in [-0.15, -0.1) is 0 Å². The van der Waals surface area contributed by atoms with Crippen molar-refractivity contribution in [2.75, 3.05) is 31.2 Å². The van der Waals surface area contributed by atoms with Crippen LogP contribution in [-0.2, 0) is 4.74 Å². The van der Waals surface area contributed by atoms with Gasteiger partial charge in [-0.2, -0.15) is 0 Å². The third kappa shape index (κ3) is 1.45. The van der Waals surface area contributed by atoms with Gasteiger partial charge in [0.1, 0.15) is 0 Å². The van der Waals surface area contributed by atoms with Crippen LogP contribution in [0.5, 0.6) is 0 Å². The summed E-state index contributed by atoms with van der Waals surface area (Å²) in [5.41, 5.74) is 0. The number of hydrogen-bond donors (Lipinski definition) is 0. The second-order valence-corrected chi connectivity index (χ2v) is 4.26. The van der Waals surface area contributed by atoms with Gasteiger partial charge in [0, 0.05) is 31.0 Å². The van der Waals surface area contributed by atoms with Gasteiger partial charge in [0.15, 0.2) is 17.9 Å². The molecule has 0 saturated carbocycles. The van der Waals surface area contributed by atoms with E-state index in [2.05, 4.69) is 4.90 Å². The van der Waals surface area contributed by atoms with E-state index in [4.69, 9.17) is 9.15 Å². The average molecular weight is 207 g/mol. The van der Waals surface area contributed by atoms with Gasteiger partial charge in [0.05, 0.1) is 13.2 Å². The zero-order chi connectivity index (χ0) is 10.3. The first-order valence-corrected chi connectivity index (χ1v) is 5.24. The Morgan fingerprint density at radius 3 is 2.60 bits per heavy atom. The number of aldehydes is 1. The summed E-state index contributed by atoms with van der Waals surface area (Å²) in [5, 5.41) is 0. The predicted octanol–water partition coefficient (Wildman–Crippen LogP) is 1.17. The molecule has 0 unspecified atom stereocenters. The Balaban J connectivity index is 1.76. The number of rotatable bonds is 2. The summed E-state index contributed by atoms with van der Waals surface area (Å²) in [6.07, 6.45) is 0.740. The highest BCUT2D eigenvalue weighted by molar-refractivity contribution is 5.71. The zero-order valence-electron chi connectivity index (χ0n) is 8.39. The van der Waals surface area contributed by atoms with Gasteiger partial charge in [0.2, 0.25) is 0 Å². The molecule has 3 rings (SSSR count). The van der Waals surface area contributed by atoms with Crippen molar-refractivity contribution in [1.82, 2.24) is 0 Å². The van der Waals surface area contributed by atoms with E-state index in [0.717, 1.165) is 38.5 Å². The van der Waals surface area contributed by atoms with Crippen LogP contribution >= 0.6 is 0 Å². The predicted molar refractivity (Wildman–Crippen MR) is 54.1 cm³/mol. The molecular weight excluding hydrogens is 194 g/mol. The lowest BCUT2D eigenvalue weighted by Crippen LogP contribution is -2.21. The van der Waals surface area contributed by atoms with Gasteiger partial charge in [0.25, 0.3) is 0 Å². The van der Waals surface area contributed by atoms with Crippen molar-refractivity contribution in [3.05, 3.63) is 17.9 Å². The Morgan fingerprint density at radius 1 is 1.27 bits per heavy atom. The van der Waals surface area contributed by atoms with Gasteiger partial charge in [-0.3, -0.25) is 4.79 Å². The quantitative estimate of drug-likeness (QED) is 0.683. The molecule has 2 saturated heterocycles. The van der Waals surface area contributed by atoms with E-state index in [0.29, 0.717) is 17.6 Å². The maximum absolute atomic E-state index is 10.5. The van der Waals surface area contributed by atoms with Gasteiger partial charge in [-0.1, -0.05) is 0 Å². The van der Waals surface area contributed by atoms with E-state index in [9.17, 15) is 4.79 Å². The fourth-order valence-electron chi connectivity index (χ4n) is 2.44. The lowest BCUT2D eigenvalue weighted by atomic mass is 10.0. The Morgan fingerprint density at radius 2 is 2.00 bits per heavy atom. The maximum atomic E-state index is 10.5. The van der Waals surface area contributed by atoms with Crippen LogP contribution in [-0.4, -0.2) is 32.6 Å². The van der Waals surface area contributed by atoms with Crippen molar-refractivity contribution < 1.29 is 13.9 Å². The lowest BCUT2D eigenvalue weighted by molar-refractivity contribution is 0.110. The zero-order valence-corrected chi connectivity index (χ0v) is 8.39. The van der Waals surface area contributed by atoms with Crippen molar-refractivity contribution in [1.29, 1.82) is 0 Å². The van der Waals surface area contributed by atoms with Crippen LogP contribution in [0.3, 0.4) is 0 Å². The molecule has 80 valence electrons. The highest BCUT2D eigenvalue weighted by Gasteiger charge is 2.38. The van der Waals surface area contributed by atoms with Crippen molar-refractivity contribution in [3.8, 4) is 0 Å². The number of hydrogen-bond acceptors (Lipinski definition) is 4. The third-order valence-corrected chi connectivity index (χ3v) is 3.28. The fourth-order valence-corrected chi connectivity index (χ4v) is 2.44. The maximum Gasteiger partial charge on any atom is 0.196 e. The monoisotopic (exact) mass is 207 g/mol. The number of nitrogens with zero attached hydrogens (tertiary/aromatic N) is 1. The van der Waals surface area contributed by atoms with E-state index in [-0.39, 0.29) is 0 Å². The second kappa shape index (κ2) is 3.38. The summed E-state index contributed by atoms with van der Waals surface area (Å²) in [4.78, 5) is 12.7. The Labute approximate surface area is 87.8 Å². The fraction of sp³-hybridized carbons (Fsp3) is 0.545. The molecule has 2 aliphatic rings. The van der Waals surface area contributed by atoms with Crippen molar-refractivity contribution >= 4 is 12.2 Å². The van der Waals surface area contributed by atoms with E-state index in [1.165, 1.54) is 0 Å². The molecule has 2 atom stereocenters. The van der Waals surface area contributed by atoms with Gasteiger partial charge < -0.3 is 14.1 Å². The van der Waals surface area contributed by atoms with Crippen LogP contribution < -0.4 is 4.90 Å². The summed E-state index contributed by atoms with van der Waals surface area (Å²) in [5.74, 6) is 2.48. The molecule has 4 heteroatoms. The highest BCUT2D eigenvalue weighted by Crippen LogP contribution is 2.32. The molecule has 0 bridgehead atoms. The summed E-state index contributed by atoms with van der Waals surface area (Å²) in [6.45, 7) is 3.69. The van der Waals surface area contributed by atoms with E-state index >= 15 is 0 Å². The largest absolute Gasteiger partial charge is 0.438 e. The first kappa shape index (κ1) is 8.97. The normalized spacial score (nSPS) is 29.5. The molecule has 1 aromatic rings. The van der Waals surface area contributed by atoms with Gasteiger partial charge in [-0.25, -0.2) is 0 Å². The molecule has 0 amide bonds. The molecule has 2 fully saturated rings. The molecule has 15 heavy (non-hydrogen) atoms. The molecular formula is C11H13NO3. The SMILES string of the molecule is O=Cc1ccc(N2C[C@H]3COC[C@H]3C2)o1. The smallest absolute Gasteiger partial charge is 0.196 e. The first-order chi connectivity index (χ1) is 7.36. The molecule has 1 aromatic heterocycles. The molecule has 0 aromatic carbocycles. The number of furan rings is 1. The van der Waals surface area contributed by atoms with Gasteiger partial charge in [-0.05, 0) is 6.07 Å². The Hall–Kier alpha value is -1.29. The summed E-state index contributed by atoms with van der Waals surface area (Å²) in [6, 6.07) is 3.58. The van der Waals surface area contributed by atoms with Crippen molar-refractivity contribution in [2.24, 2.45) is 11.8 Å². The van der Waals surface area contributed by atoms with E-state index < -0.39 is 0 Å². The van der Waals surface area contributed by atoms with Crippen LogP contribution in [0, 0.1) is 11.8 Å². The Kier molecular flexibility index (Phi) is 2.02. The van der Waals surface area contributed by atoms with E-state index in [1.54, 1.807) is 6.07 Å². The van der Waals surface area contributed by atoms with Crippen LogP contribution in [0.1, 0.15) is 10.6 Å².